The van der Waals surface area contributed by atoms with Crippen LogP contribution in [0.4, 0.5) is 5.69 Å². The Hall–Kier alpha value is -2.62. The second-order valence-electron chi connectivity index (χ2n) is 9.99. The van der Waals surface area contributed by atoms with Crippen LogP contribution >= 0.6 is 0 Å². The fourth-order valence-electron chi connectivity index (χ4n) is 5.59. The highest BCUT2D eigenvalue weighted by Gasteiger charge is 2.50. The van der Waals surface area contributed by atoms with Crippen molar-refractivity contribution in [3.8, 4) is 0 Å². The van der Waals surface area contributed by atoms with Crippen molar-refractivity contribution in [3.05, 3.63) is 65.2 Å². The first-order valence-corrected chi connectivity index (χ1v) is 10.4. The van der Waals surface area contributed by atoms with Crippen LogP contribution in [0.25, 0.3) is 0 Å². The molecule has 2 fully saturated rings. The highest BCUT2D eigenvalue weighted by molar-refractivity contribution is 6.05. The highest BCUT2D eigenvalue weighted by atomic mass is 16.2. The van der Waals surface area contributed by atoms with Crippen LogP contribution in [-0.2, 0) is 0 Å². The van der Waals surface area contributed by atoms with Crippen molar-refractivity contribution >= 4 is 17.5 Å². The van der Waals surface area contributed by atoms with Gasteiger partial charge in [-0.1, -0.05) is 39.0 Å². The molecular weight excluding hydrogens is 360 g/mol. The van der Waals surface area contributed by atoms with Crippen molar-refractivity contribution < 1.29 is 9.59 Å². The zero-order valence-corrected chi connectivity index (χ0v) is 17.8. The molecule has 152 valence electrons. The van der Waals surface area contributed by atoms with Gasteiger partial charge in [0, 0.05) is 29.4 Å². The summed E-state index contributed by atoms with van der Waals surface area (Å²) in [6, 6.07) is 15.1. The van der Waals surface area contributed by atoms with Crippen LogP contribution in [0, 0.1) is 17.8 Å². The largest absolute Gasteiger partial charge is 0.335 e. The predicted octanol–water partition coefficient (Wildman–Crippen LogP) is 5.29. The molecule has 1 saturated heterocycles. The smallest absolute Gasteiger partial charge is 0.255 e. The molecule has 2 unspecified atom stereocenters. The predicted molar refractivity (Wildman–Crippen MR) is 116 cm³/mol. The van der Waals surface area contributed by atoms with Gasteiger partial charge in [0.05, 0.1) is 0 Å². The van der Waals surface area contributed by atoms with Crippen LogP contribution in [0.2, 0.25) is 0 Å². The number of likely N-dealkylation sites (tertiary alicyclic amines) is 1. The number of benzene rings is 2. The van der Waals surface area contributed by atoms with Gasteiger partial charge in [-0.05, 0) is 72.9 Å². The van der Waals surface area contributed by atoms with Crippen molar-refractivity contribution in [2.75, 3.05) is 11.9 Å². The summed E-state index contributed by atoms with van der Waals surface area (Å²) in [6.07, 6.45) is 3.34. The molecule has 2 atom stereocenters. The van der Waals surface area contributed by atoms with Crippen LogP contribution < -0.4 is 5.32 Å². The van der Waals surface area contributed by atoms with Crippen molar-refractivity contribution in [1.29, 1.82) is 0 Å². The van der Waals surface area contributed by atoms with E-state index in [4.69, 9.17) is 0 Å². The summed E-state index contributed by atoms with van der Waals surface area (Å²) in [4.78, 5) is 27.8. The molecule has 4 nitrogen and oxygen atoms in total. The maximum absolute atomic E-state index is 13.2. The molecule has 2 aliphatic rings. The number of nitrogens with zero attached hydrogens (tertiary/aromatic N) is 1. The molecule has 1 N–H and O–H groups in total. The Morgan fingerprint density at radius 3 is 2.38 bits per heavy atom. The number of rotatable bonds is 3. The van der Waals surface area contributed by atoms with E-state index in [1.807, 2.05) is 55.5 Å². The molecule has 2 amide bonds. The first-order valence-electron chi connectivity index (χ1n) is 10.4. The van der Waals surface area contributed by atoms with Crippen LogP contribution in [0.3, 0.4) is 0 Å². The zero-order chi connectivity index (χ0) is 20.8. The molecule has 0 spiro atoms. The average Bonchev–Trinajstić information content (AvgIpc) is 2.90. The van der Waals surface area contributed by atoms with E-state index < -0.39 is 0 Å². The third-order valence-electron chi connectivity index (χ3n) is 6.46. The van der Waals surface area contributed by atoms with Gasteiger partial charge in [0.1, 0.15) is 0 Å². The Kier molecular flexibility index (Phi) is 4.76. The summed E-state index contributed by atoms with van der Waals surface area (Å²) in [5.41, 5.74) is 3.50. The Balaban J connectivity index is 1.46. The van der Waals surface area contributed by atoms with Crippen molar-refractivity contribution in [2.45, 2.75) is 53.0 Å². The Morgan fingerprint density at radius 2 is 1.69 bits per heavy atom. The second-order valence-corrected chi connectivity index (χ2v) is 9.99. The number of carbonyl (C=O) groups excluding carboxylic acids is 2. The Labute approximate surface area is 173 Å². The first kappa shape index (κ1) is 19.7. The number of fused-ring (bicyclic) bond motifs is 2. The van der Waals surface area contributed by atoms with E-state index in [-0.39, 0.29) is 22.6 Å². The lowest BCUT2D eigenvalue weighted by molar-refractivity contribution is 0.0708. The number of nitrogens with one attached hydrogen (secondary N) is 1. The third-order valence-corrected chi connectivity index (χ3v) is 6.46. The van der Waals surface area contributed by atoms with E-state index in [2.05, 4.69) is 31.0 Å². The maximum atomic E-state index is 13.2. The molecule has 1 aliphatic heterocycles. The highest BCUT2D eigenvalue weighted by Crippen LogP contribution is 2.52. The van der Waals surface area contributed by atoms with Gasteiger partial charge >= 0.3 is 0 Å². The van der Waals surface area contributed by atoms with Crippen LogP contribution in [0.5, 0.6) is 0 Å². The second kappa shape index (κ2) is 7.01. The fraction of sp³-hybridized carbons (Fsp3) is 0.440. The van der Waals surface area contributed by atoms with Gasteiger partial charge in [-0.2, -0.15) is 0 Å². The van der Waals surface area contributed by atoms with Crippen molar-refractivity contribution in [2.24, 2.45) is 10.8 Å². The fourth-order valence-corrected chi connectivity index (χ4v) is 5.59. The molecule has 4 rings (SSSR count). The molecule has 1 aliphatic carbocycles. The van der Waals surface area contributed by atoms with E-state index in [1.165, 1.54) is 6.42 Å². The molecule has 1 saturated carbocycles. The summed E-state index contributed by atoms with van der Waals surface area (Å²) >= 11 is 0. The minimum absolute atomic E-state index is 0.105. The van der Waals surface area contributed by atoms with E-state index >= 15 is 0 Å². The summed E-state index contributed by atoms with van der Waals surface area (Å²) in [6.45, 7) is 9.71. The molecule has 4 heteroatoms. The van der Waals surface area contributed by atoms with Gasteiger partial charge in [0.25, 0.3) is 11.8 Å². The summed E-state index contributed by atoms with van der Waals surface area (Å²) < 4.78 is 0. The number of aryl methyl sites for hydroxylation is 1. The molecule has 1 heterocycles. The van der Waals surface area contributed by atoms with Gasteiger partial charge in [-0.25, -0.2) is 0 Å². The van der Waals surface area contributed by atoms with Crippen LogP contribution in [0.15, 0.2) is 48.5 Å². The van der Waals surface area contributed by atoms with Gasteiger partial charge < -0.3 is 10.2 Å². The standard InChI is InChI=1S/C25H30N2O2/c1-17-7-5-6-8-21(17)22(28)26-19-11-9-18(10-12-19)23(29)27-16-25(4)14-20(27)13-24(2,3)15-25/h5-12,20H,13-16H2,1-4H3,(H,26,28). The minimum Gasteiger partial charge on any atom is -0.335 e. The van der Waals surface area contributed by atoms with Crippen LogP contribution in [0.1, 0.15) is 66.3 Å². The third kappa shape index (κ3) is 3.93. The Morgan fingerprint density at radius 1 is 1.00 bits per heavy atom. The van der Waals surface area contributed by atoms with E-state index in [1.54, 1.807) is 0 Å². The Bertz CT molecular complexity index is 948. The number of carbonyl (C=O) groups is 2. The lowest BCUT2D eigenvalue weighted by atomic mass is 9.65. The molecule has 0 radical (unpaired) electrons. The van der Waals surface area contributed by atoms with E-state index in [9.17, 15) is 9.59 Å². The maximum Gasteiger partial charge on any atom is 0.255 e. The van der Waals surface area contributed by atoms with Gasteiger partial charge in [0.15, 0.2) is 0 Å². The summed E-state index contributed by atoms with van der Waals surface area (Å²) in [5.74, 6) is -0.0288. The van der Waals surface area contributed by atoms with E-state index in [0.29, 0.717) is 22.9 Å². The number of hydrogen-bond donors (Lipinski definition) is 1. The topological polar surface area (TPSA) is 49.4 Å². The minimum atomic E-state index is -0.134. The first-order chi connectivity index (χ1) is 13.7. The average molecular weight is 391 g/mol. The number of amides is 2. The molecular formula is C25H30N2O2. The quantitative estimate of drug-likeness (QED) is 0.774. The van der Waals surface area contributed by atoms with E-state index in [0.717, 1.165) is 24.9 Å². The lowest BCUT2D eigenvalue weighted by Crippen LogP contribution is -2.37. The van der Waals surface area contributed by atoms with Crippen molar-refractivity contribution in [1.82, 2.24) is 4.90 Å². The molecule has 2 aromatic carbocycles. The number of hydrogen-bond acceptors (Lipinski definition) is 2. The molecule has 2 bridgehead atoms. The molecule has 2 aromatic rings. The van der Waals surface area contributed by atoms with Gasteiger partial charge in [-0.15, -0.1) is 0 Å². The molecule has 29 heavy (non-hydrogen) atoms. The van der Waals surface area contributed by atoms with Gasteiger partial charge in [0.2, 0.25) is 0 Å². The number of anilines is 1. The lowest BCUT2D eigenvalue weighted by Gasteiger charge is -2.39. The SMILES string of the molecule is Cc1ccccc1C(=O)Nc1ccc(C(=O)N2CC3(C)CC2CC(C)(C)C3)cc1. The monoisotopic (exact) mass is 390 g/mol. The zero-order valence-electron chi connectivity index (χ0n) is 17.8. The summed E-state index contributed by atoms with van der Waals surface area (Å²) in [5, 5.41) is 2.92. The summed E-state index contributed by atoms with van der Waals surface area (Å²) in [7, 11) is 0. The molecule has 0 aromatic heterocycles. The van der Waals surface area contributed by atoms with Gasteiger partial charge in [-0.3, -0.25) is 9.59 Å². The normalized spacial score (nSPS) is 25.0. The van der Waals surface area contributed by atoms with Crippen molar-refractivity contribution in [3.63, 3.8) is 0 Å². The van der Waals surface area contributed by atoms with Crippen LogP contribution in [-0.4, -0.2) is 29.3 Å².